The fraction of sp³-hybridized carbons (Fsp3) is 0.611. The topological polar surface area (TPSA) is 72.6 Å². The molecule has 0 unspecified atom stereocenters. The van der Waals surface area contributed by atoms with Crippen LogP contribution in [0.1, 0.15) is 37.9 Å². The molecule has 160 valence electrons. The summed E-state index contributed by atoms with van der Waals surface area (Å²) in [5.41, 5.74) is 0.0870. The van der Waals surface area contributed by atoms with Crippen molar-refractivity contribution in [2.24, 2.45) is 5.41 Å². The highest BCUT2D eigenvalue weighted by molar-refractivity contribution is 7.91. The summed E-state index contributed by atoms with van der Waals surface area (Å²) in [5.74, 6) is -1.21. The molecule has 6 nitrogen and oxygen atoms in total. The Labute approximate surface area is 170 Å². The minimum atomic E-state index is -4.64. The van der Waals surface area contributed by atoms with Crippen molar-refractivity contribution in [3.05, 3.63) is 23.3 Å². The number of nitrogens with zero attached hydrogens (tertiary/aromatic N) is 2. The van der Waals surface area contributed by atoms with Crippen LogP contribution < -0.4 is 0 Å². The second-order valence-electron chi connectivity index (χ2n) is 7.65. The zero-order valence-corrected chi connectivity index (χ0v) is 17.4. The largest absolute Gasteiger partial charge is 0.452 e. The molecule has 1 spiro atoms. The van der Waals surface area contributed by atoms with Crippen LogP contribution in [0.15, 0.2) is 26.2 Å². The van der Waals surface area contributed by atoms with Crippen LogP contribution in [0.2, 0.25) is 0 Å². The van der Waals surface area contributed by atoms with E-state index in [1.54, 1.807) is 7.11 Å². The predicted molar refractivity (Wildman–Crippen MR) is 99.9 cm³/mol. The van der Waals surface area contributed by atoms with Crippen molar-refractivity contribution in [2.45, 2.75) is 48.6 Å². The molecule has 1 aliphatic heterocycles. The number of methoxy groups -OCH3 is 1. The van der Waals surface area contributed by atoms with Gasteiger partial charge < -0.3 is 9.26 Å². The van der Waals surface area contributed by atoms with E-state index >= 15 is 0 Å². The lowest BCUT2D eigenvalue weighted by molar-refractivity contribution is -0.155. The fourth-order valence-corrected chi connectivity index (χ4v) is 7.42. The van der Waals surface area contributed by atoms with Gasteiger partial charge in [0.25, 0.3) is 10.0 Å². The number of rotatable bonds is 4. The fourth-order valence-electron chi connectivity index (χ4n) is 4.52. The van der Waals surface area contributed by atoms with Crippen molar-refractivity contribution in [1.82, 2.24) is 9.46 Å². The van der Waals surface area contributed by atoms with Gasteiger partial charge >= 0.3 is 6.18 Å². The third-order valence-electron chi connectivity index (χ3n) is 5.94. The zero-order valence-electron chi connectivity index (χ0n) is 15.7. The molecule has 4 rings (SSSR count). The smallest absolute Gasteiger partial charge is 0.381 e. The molecule has 1 saturated carbocycles. The number of halogens is 3. The summed E-state index contributed by atoms with van der Waals surface area (Å²) in [6.45, 7) is 0.833. The molecule has 0 radical (unpaired) electrons. The van der Waals surface area contributed by atoms with Gasteiger partial charge in [-0.2, -0.15) is 17.5 Å². The molecule has 2 aromatic rings. The normalized spacial score (nSPS) is 26.4. The molecule has 0 bridgehead atoms. The Balaban J connectivity index is 1.58. The number of piperidine rings is 1. The molecule has 0 N–H and O–H groups in total. The first-order valence-electron chi connectivity index (χ1n) is 9.31. The number of hydrogen-bond acceptors (Lipinski definition) is 6. The van der Waals surface area contributed by atoms with Crippen molar-refractivity contribution in [2.75, 3.05) is 20.2 Å². The summed E-state index contributed by atoms with van der Waals surface area (Å²) in [4.78, 5) is 0. The Bertz CT molecular complexity index is 985. The van der Waals surface area contributed by atoms with Crippen molar-refractivity contribution in [3.8, 4) is 11.3 Å². The van der Waals surface area contributed by atoms with Gasteiger partial charge in [-0.15, -0.1) is 11.3 Å². The minimum absolute atomic E-state index is 0.0413. The minimum Gasteiger partial charge on any atom is -0.381 e. The summed E-state index contributed by atoms with van der Waals surface area (Å²) < 4.78 is 76.1. The maximum atomic E-state index is 13.2. The van der Waals surface area contributed by atoms with E-state index < -0.39 is 22.0 Å². The predicted octanol–water partition coefficient (Wildman–Crippen LogP) is 4.39. The van der Waals surface area contributed by atoms with Crippen molar-refractivity contribution in [1.29, 1.82) is 0 Å². The van der Waals surface area contributed by atoms with Crippen LogP contribution in [0.4, 0.5) is 13.2 Å². The van der Waals surface area contributed by atoms with Gasteiger partial charge in [-0.1, -0.05) is 11.6 Å². The molecule has 3 heterocycles. The number of sulfonamides is 1. The van der Waals surface area contributed by atoms with Gasteiger partial charge in [-0.05, 0) is 31.7 Å². The van der Waals surface area contributed by atoms with E-state index in [0.29, 0.717) is 13.1 Å². The van der Waals surface area contributed by atoms with Gasteiger partial charge in [-0.3, -0.25) is 0 Å². The van der Waals surface area contributed by atoms with Gasteiger partial charge in [0.1, 0.15) is 9.90 Å². The van der Waals surface area contributed by atoms with E-state index in [9.17, 15) is 21.6 Å². The number of ether oxygens (including phenoxy) is 1. The molecule has 11 heteroatoms. The lowest BCUT2D eigenvalue weighted by atomic mass is 9.77. The number of thiophene rings is 1. The molecular weight excluding hydrogens is 429 g/mol. The molecule has 2 aliphatic rings. The molecular formula is C18H21F3N2O4S2. The second-order valence-corrected chi connectivity index (χ2v) is 10.7. The van der Waals surface area contributed by atoms with Gasteiger partial charge in [0, 0.05) is 42.6 Å². The first-order valence-corrected chi connectivity index (χ1v) is 11.6. The second kappa shape index (κ2) is 7.36. The third kappa shape index (κ3) is 3.73. The van der Waals surface area contributed by atoms with E-state index in [0.717, 1.165) is 49.5 Å². The van der Waals surface area contributed by atoms with Crippen LogP contribution in [0.5, 0.6) is 0 Å². The molecule has 1 saturated heterocycles. The number of hydrogen-bond donors (Lipinski definition) is 0. The van der Waals surface area contributed by atoms with E-state index in [2.05, 4.69) is 9.68 Å². The lowest BCUT2D eigenvalue weighted by Crippen LogP contribution is -2.49. The van der Waals surface area contributed by atoms with Gasteiger partial charge in [0.05, 0.1) is 6.10 Å². The summed E-state index contributed by atoms with van der Waals surface area (Å²) in [6, 6.07) is 2.14. The summed E-state index contributed by atoms with van der Waals surface area (Å²) >= 11 is 0.975. The van der Waals surface area contributed by atoms with Gasteiger partial charge in [0.15, 0.2) is 0 Å². The Kier molecular flexibility index (Phi) is 5.29. The highest BCUT2D eigenvalue weighted by Crippen LogP contribution is 2.47. The quantitative estimate of drug-likeness (QED) is 0.691. The Morgan fingerprint density at radius 3 is 2.76 bits per heavy atom. The number of alkyl halides is 3. The molecule has 2 atom stereocenters. The SMILES string of the molecule is CO[C@@H]1CCC[C@@]12CCCN(S(=O)(=O)c1cc(-c3cc(C(F)(F)F)on3)cs1)C2. The lowest BCUT2D eigenvalue weighted by Gasteiger charge is -2.42. The third-order valence-corrected chi connectivity index (χ3v) is 9.20. The average Bonchev–Trinajstić information content (AvgIpc) is 3.40. The average molecular weight is 451 g/mol. The molecule has 1 aliphatic carbocycles. The number of aromatic nitrogens is 1. The molecule has 2 fully saturated rings. The van der Waals surface area contributed by atoms with E-state index in [-0.39, 0.29) is 27.0 Å². The molecule has 0 aromatic carbocycles. The maximum absolute atomic E-state index is 13.2. The Morgan fingerprint density at radius 2 is 2.07 bits per heavy atom. The van der Waals surface area contributed by atoms with Crippen molar-refractivity contribution in [3.63, 3.8) is 0 Å². The van der Waals surface area contributed by atoms with Crippen LogP contribution in [0.3, 0.4) is 0 Å². The van der Waals surface area contributed by atoms with Crippen LogP contribution in [-0.2, 0) is 20.9 Å². The monoisotopic (exact) mass is 450 g/mol. The molecule has 2 aromatic heterocycles. The van der Waals surface area contributed by atoms with E-state index in [1.807, 2.05) is 0 Å². The first-order chi connectivity index (χ1) is 13.7. The highest BCUT2D eigenvalue weighted by atomic mass is 32.2. The standard InChI is InChI=1S/C18H21F3N2O4S2/c1-26-14-4-2-5-17(14)6-3-7-23(11-17)29(24,25)16-8-12(10-28-16)13-9-15(27-22-13)18(19,20)21/h8-10,14H,2-7,11H2,1H3/t14-,17+/m1/s1. The maximum Gasteiger partial charge on any atom is 0.452 e. The van der Waals surface area contributed by atoms with Crippen LogP contribution in [-0.4, -0.2) is 44.2 Å². The summed E-state index contributed by atoms with van der Waals surface area (Å²) in [7, 11) is -2.08. The summed E-state index contributed by atoms with van der Waals surface area (Å²) in [6.07, 6.45) is -0.00806. The van der Waals surface area contributed by atoms with Crippen molar-refractivity contribution >= 4 is 21.4 Å². The zero-order chi connectivity index (χ0) is 20.9. The van der Waals surface area contributed by atoms with E-state index in [4.69, 9.17) is 4.74 Å². The van der Waals surface area contributed by atoms with Crippen LogP contribution in [0, 0.1) is 5.41 Å². The van der Waals surface area contributed by atoms with Crippen molar-refractivity contribution < 1.29 is 30.8 Å². The Hall–Kier alpha value is -1.43. The van der Waals surface area contributed by atoms with Gasteiger partial charge in [0.2, 0.25) is 5.76 Å². The van der Waals surface area contributed by atoms with Gasteiger partial charge in [-0.25, -0.2) is 8.42 Å². The van der Waals surface area contributed by atoms with E-state index in [1.165, 1.54) is 15.8 Å². The van der Waals surface area contributed by atoms with Crippen LogP contribution >= 0.6 is 11.3 Å². The van der Waals surface area contributed by atoms with Crippen LogP contribution in [0.25, 0.3) is 11.3 Å². The Morgan fingerprint density at radius 1 is 1.31 bits per heavy atom. The molecule has 0 amide bonds. The highest BCUT2D eigenvalue weighted by Gasteiger charge is 2.48. The first kappa shape index (κ1) is 20.8. The summed E-state index contributed by atoms with van der Waals surface area (Å²) in [5, 5.41) is 4.91. The molecule has 29 heavy (non-hydrogen) atoms.